The third kappa shape index (κ3) is 5.18. The van der Waals surface area contributed by atoms with Crippen molar-refractivity contribution in [2.45, 2.75) is 95.8 Å². The Hall–Kier alpha value is -1.77. The van der Waals surface area contributed by atoms with Crippen molar-refractivity contribution in [2.24, 2.45) is 5.92 Å². The summed E-state index contributed by atoms with van der Waals surface area (Å²) < 4.78 is 42.6. The molecule has 0 amide bonds. The van der Waals surface area contributed by atoms with E-state index in [1.54, 1.807) is 12.1 Å². The van der Waals surface area contributed by atoms with Gasteiger partial charge in [-0.3, -0.25) is 0 Å². The van der Waals surface area contributed by atoms with Crippen molar-refractivity contribution in [3.63, 3.8) is 0 Å². The topological polar surface area (TPSA) is 0 Å². The van der Waals surface area contributed by atoms with E-state index in [0.717, 1.165) is 22.6 Å². The van der Waals surface area contributed by atoms with Gasteiger partial charge in [-0.1, -0.05) is 57.2 Å². The fourth-order valence-electron chi connectivity index (χ4n) is 5.82. The highest BCUT2D eigenvalue weighted by Crippen LogP contribution is 2.40. The van der Waals surface area contributed by atoms with E-state index >= 15 is 4.39 Å². The molecule has 2 aromatic carbocycles. The number of rotatable bonds is 7. The van der Waals surface area contributed by atoms with E-state index in [4.69, 9.17) is 0 Å². The van der Waals surface area contributed by atoms with Crippen molar-refractivity contribution in [3.05, 3.63) is 70.0 Å². The van der Waals surface area contributed by atoms with Crippen LogP contribution in [0.1, 0.15) is 105 Å². The van der Waals surface area contributed by atoms with E-state index < -0.39 is 11.6 Å². The number of hydrogen-bond donors (Lipinski definition) is 0. The summed E-state index contributed by atoms with van der Waals surface area (Å²) in [5.41, 5.74) is 3.15. The second-order valence-corrected chi connectivity index (χ2v) is 9.79. The standard InChI is InChI=1S/C28H35F3/c1-2-3-4-5-6-19-7-9-20(10-8-19)21-11-14-24(27(30)18-21)22-12-15-25-23(17-22)13-16-26(29)28(25)31/h11,13-14,16,18-20,22H,2-10,12,15,17H2,1H3. The Morgan fingerprint density at radius 2 is 1.61 bits per heavy atom. The first-order chi connectivity index (χ1) is 15.1. The van der Waals surface area contributed by atoms with Crippen molar-refractivity contribution < 1.29 is 13.2 Å². The maximum Gasteiger partial charge on any atom is 0.162 e. The molecular weight excluding hydrogens is 393 g/mol. The molecule has 1 saturated carbocycles. The van der Waals surface area contributed by atoms with E-state index in [0.29, 0.717) is 30.7 Å². The minimum absolute atomic E-state index is 0.0327. The molecule has 2 aromatic rings. The average molecular weight is 429 g/mol. The zero-order chi connectivity index (χ0) is 21.8. The van der Waals surface area contributed by atoms with Gasteiger partial charge >= 0.3 is 0 Å². The summed E-state index contributed by atoms with van der Waals surface area (Å²) in [6.45, 7) is 2.25. The summed E-state index contributed by atoms with van der Waals surface area (Å²) in [6, 6.07) is 8.67. The Kier molecular flexibility index (Phi) is 7.40. The minimum Gasteiger partial charge on any atom is -0.207 e. The number of benzene rings is 2. The van der Waals surface area contributed by atoms with Gasteiger partial charge in [0.2, 0.25) is 0 Å². The van der Waals surface area contributed by atoms with Crippen molar-refractivity contribution in [1.82, 2.24) is 0 Å². The van der Waals surface area contributed by atoms with E-state index in [9.17, 15) is 8.78 Å². The average Bonchev–Trinajstić information content (AvgIpc) is 2.79. The molecule has 1 unspecified atom stereocenters. The van der Waals surface area contributed by atoms with Crippen LogP contribution in [-0.4, -0.2) is 0 Å². The first-order valence-electron chi connectivity index (χ1n) is 12.3. The molecule has 1 fully saturated rings. The van der Waals surface area contributed by atoms with Gasteiger partial charge in [0.1, 0.15) is 5.82 Å². The molecule has 0 nitrogen and oxygen atoms in total. The molecule has 0 N–H and O–H groups in total. The SMILES string of the molecule is CCCCCCC1CCC(c2ccc(C3CCc4c(ccc(F)c4F)C3)c(F)c2)CC1. The van der Waals surface area contributed by atoms with Gasteiger partial charge in [-0.25, -0.2) is 13.2 Å². The molecule has 0 aromatic heterocycles. The Balaban J connectivity index is 1.36. The highest BCUT2D eigenvalue weighted by atomic mass is 19.2. The lowest BCUT2D eigenvalue weighted by Crippen LogP contribution is -2.17. The van der Waals surface area contributed by atoms with Crippen LogP contribution >= 0.6 is 0 Å². The monoisotopic (exact) mass is 428 g/mol. The fraction of sp³-hybridized carbons (Fsp3) is 0.571. The van der Waals surface area contributed by atoms with Crippen LogP contribution in [0.2, 0.25) is 0 Å². The fourth-order valence-corrected chi connectivity index (χ4v) is 5.82. The van der Waals surface area contributed by atoms with Gasteiger partial charge in [-0.15, -0.1) is 0 Å². The first kappa shape index (κ1) is 22.4. The van der Waals surface area contributed by atoms with Gasteiger partial charge < -0.3 is 0 Å². The van der Waals surface area contributed by atoms with Crippen LogP contribution in [0.5, 0.6) is 0 Å². The Bertz CT molecular complexity index is 880. The van der Waals surface area contributed by atoms with Gasteiger partial charge in [-0.05, 0) is 97.1 Å². The van der Waals surface area contributed by atoms with Crippen LogP contribution in [0.25, 0.3) is 0 Å². The second-order valence-electron chi connectivity index (χ2n) is 9.79. The number of fused-ring (bicyclic) bond motifs is 1. The maximum absolute atomic E-state index is 15.1. The van der Waals surface area contributed by atoms with Crippen LogP contribution in [0, 0.1) is 23.4 Å². The number of halogens is 3. The quantitative estimate of drug-likeness (QED) is 0.387. The van der Waals surface area contributed by atoms with Crippen LogP contribution in [0.3, 0.4) is 0 Å². The van der Waals surface area contributed by atoms with Crippen LogP contribution in [0.15, 0.2) is 30.3 Å². The maximum atomic E-state index is 15.1. The lowest BCUT2D eigenvalue weighted by atomic mass is 9.76. The van der Waals surface area contributed by atoms with Crippen molar-refractivity contribution in [3.8, 4) is 0 Å². The minimum atomic E-state index is -0.789. The Labute approximate surface area is 185 Å². The largest absolute Gasteiger partial charge is 0.207 e. The number of unbranched alkanes of at least 4 members (excludes halogenated alkanes) is 3. The van der Waals surface area contributed by atoms with Crippen LogP contribution in [0.4, 0.5) is 13.2 Å². The molecule has 0 radical (unpaired) electrons. The number of hydrogen-bond acceptors (Lipinski definition) is 0. The summed E-state index contributed by atoms with van der Waals surface area (Å²) >= 11 is 0. The van der Waals surface area contributed by atoms with E-state index in [2.05, 4.69) is 13.0 Å². The Morgan fingerprint density at radius 3 is 2.35 bits per heavy atom. The molecule has 31 heavy (non-hydrogen) atoms. The van der Waals surface area contributed by atoms with E-state index in [-0.39, 0.29) is 11.7 Å². The molecule has 0 heterocycles. The van der Waals surface area contributed by atoms with E-state index in [1.165, 1.54) is 63.9 Å². The Morgan fingerprint density at radius 1 is 0.806 bits per heavy atom. The molecule has 4 rings (SSSR count). The molecule has 2 aliphatic carbocycles. The third-order valence-electron chi connectivity index (χ3n) is 7.75. The molecule has 168 valence electrons. The molecule has 0 saturated heterocycles. The lowest BCUT2D eigenvalue weighted by Gasteiger charge is -2.30. The van der Waals surface area contributed by atoms with Crippen molar-refractivity contribution >= 4 is 0 Å². The first-order valence-corrected chi connectivity index (χ1v) is 12.3. The molecule has 1 atom stereocenters. The van der Waals surface area contributed by atoms with Crippen molar-refractivity contribution in [1.29, 1.82) is 0 Å². The molecular formula is C28H35F3. The predicted octanol–water partition coefficient (Wildman–Crippen LogP) is 8.62. The summed E-state index contributed by atoms with van der Waals surface area (Å²) in [4.78, 5) is 0. The highest BCUT2D eigenvalue weighted by molar-refractivity contribution is 5.37. The molecule has 2 aliphatic rings. The van der Waals surface area contributed by atoms with Gasteiger partial charge in [0.15, 0.2) is 11.6 Å². The normalized spacial score (nSPS) is 23.5. The smallest absolute Gasteiger partial charge is 0.162 e. The summed E-state index contributed by atoms with van der Waals surface area (Å²) in [5, 5.41) is 0. The molecule has 3 heteroatoms. The lowest BCUT2D eigenvalue weighted by molar-refractivity contribution is 0.301. The van der Waals surface area contributed by atoms with Crippen LogP contribution < -0.4 is 0 Å². The van der Waals surface area contributed by atoms with Gasteiger partial charge in [0.05, 0.1) is 0 Å². The van der Waals surface area contributed by atoms with Crippen LogP contribution in [-0.2, 0) is 12.8 Å². The van der Waals surface area contributed by atoms with Crippen molar-refractivity contribution in [2.75, 3.05) is 0 Å². The molecule has 0 aliphatic heterocycles. The third-order valence-corrected chi connectivity index (χ3v) is 7.75. The molecule has 0 bridgehead atoms. The predicted molar refractivity (Wildman–Crippen MR) is 121 cm³/mol. The molecule has 0 spiro atoms. The zero-order valence-corrected chi connectivity index (χ0v) is 18.7. The van der Waals surface area contributed by atoms with Gasteiger partial charge in [0, 0.05) is 0 Å². The zero-order valence-electron chi connectivity index (χ0n) is 18.7. The second kappa shape index (κ2) is 10.2. The highest BCUT2D eigenvalue weighted by Gasteiger charge is 2.27. The van der Waals surface area contributed by atoms with Gasteiger partial charge in [0.25, 0.3) is 0 Å². The summed E-state index contributed by atoms with van der Waals surface area (Å²) in [6.07, 6.45) is 13.3. The van der Waals surface area contributed by atoms with E-state index in [1.807, 2.05) is 6.07 Å². The summed E-state index contributed by atoms with van der Waals surface area (Å²) in [7, 11) is 0. The van der Waals surface area contributed by atoms with Gasteiger partial charge in [-0.2, -0.15) is 0 Å². The summed E-state index contributed by atoms with van der Waals surface area (Å²) in [5.74, 6) is -0.291.